The summed E-state index contributed by atoms with van der Waals surface area (Å²) in [4.78, 5) is 22.7. The van der Waals surface area contributed by atoms with E-state index in [9.17, 15) is 9.59 Å². The van der Waals surface area contributed by atoms with Crippen molar-refractivity contribution < 1.29 is 14.7 Å². The van der Waals surface area contributed by atoms with E-state index in [0.29, 0.717) is 19.4 Å². The van der Waals surface area contributed by atoms with Crippen molar-refractivity contribution in [2.45, 2.75) is 26.2 Å². The zero-order valence-corrected chi connectivity index (χ0v) is 10.4. The second kappa shape index (κ2) is 4.80. The van der Waals surface area contributed by atoms with Crippen LogP contribution in [-0.2, 0) is 16.0 Å². The van der Waals surface area contributed by atoms with Crippen LogP contribution in [0.2, 0.25) is 0 Å². The van der Waals surface area contributed by atoms with Gasteiger partial charge in [-0.25, -0.2) is 0 Å². The number of benzene rings is 1. The van der Waals surface area contributed by atoms with Crippen LogP contribution in [0.3, 0.4) is 0 Å². The zero-order valence-electron chi connectivity index (χ0n) is 10.4. The Hall–Kier alpha value is -1.84. The van der Waals surface area contributed by atoms with E-state index in [1.807, 2.05) is 25.1 Å². The summed E-state index contributed by atoms with van der Waals surface area (Å²) in [6.45, 7) is 2.50. The van der Waals surface area contributed by atoms with Gasteiger partial charge >= 0.3 is 5.97 Å². The number of carboxylic acid groups (broad SMARTS) is 1. The van der Waals surface area contributed by atoms with Crippen LogP contribution in [-0.4, -0.2) is 23.5 Å². The van der Waals surface area contributed by atoms with Crippen LogP contribution in [0, 0.1) is 12.3 Å². The summed E-state index contributed by atoms with van der Waals surface area (Å²) < 4.78 is 0. The molecule has 1 saturated carbocycles. The molecule has 0 heterocycles. The number of carbonyl (C=O) groups is 2. The molecular formula is C14H17NO3. The van der Waals surface area contributed by atoms with Gasteiger partial charge in [0.25, 0.3) is 0 Å². The second-order valence-electron chi connectivity index (χ2n) is 4.88. The summed E-state index contributed by atoms with van der Waals surface area (Å²) in [7, 11) is 0. The van der Waals surface area contributed by atoms with Crippen molar-refractivity contribution in [1.29, 1.82) is 0 Å². The van der Waals surface area contributed by atoms with E-state index < -0.39 is 11.4 Å². The molecule has 0 aromatic heterocycles. The van der Waals surface area contributed by atoms with Crippen LogP contribution in [0.1, 0.15) is 24.0 Å². The van der Waals surface area contributed by atoms with E-state index >= 15 is 0 Å². The molecule has 0 bridgehead atoms. The third-order valence-corrected chi connectivity index (χ3v) is 3.38. The van der Waals surface area contributed by atoms with Gasteiger partial charge in [-0.15, -0.1) is 0 Å². The molecule has 18 heavy (non-hydrogen) atoms. The van der Waals surface area contributed by atoms with Gasteiger partial charge in [0.2, 0.25) is 5.91 Å². The molecule has 0 aliphatic heterocycles. The lowest BCUT2D eigenvalue weighted by atomic mass is 10.1. The Morgan fingerprint density at radius 1 is 1.39 bits per heavy atom. The lowest BCUT2D eigenvalue weighted by Gasteiger charge is -2.10. The molecule has 0 atom stereocenters. The van der Waals surface area contributed by atoms with E-state index in [2.05, 4.69) is 11.4 Å². The number of aliphatic carboxylic acids is 1. The van der Waals surface area contributed by atoms with Crippen LogP contribution < -0.4 is 5.32 Å². The molecule has 2 rings (SSSR count). The minimum atomic E-state index is -1.13. The van der Waals surface area contributed by atoms with Crippen LogP contribution in [0.4, 0.5) is 0 Å². The molecule has 0 spiro atoms. The second-order valence-corrected chi connectivity index (χ2v) is 4.88. The molecule has 0 unspecified atom stereocenters. The number of nitrogens with one attached hydrogen (secondary N) is 1. The van der Waals surface area contributed by atoms with Crippen molar-refractivity contribution in [3.8, 4) is 0 Å². The smallest absolute Gasteiger partial charge is 0.319 e. The molecule has 4 heteroatoms. The molecular weight excluding hydrogens is 230 g/mol. The van der Waals surface area contributed by atoms with Crippen molar-refractivity contribution in [3.63, 3.8) is 0 Å². The lowest BCUT2D eigenvalue weighted by Crippen LogP contribution is -2.37. The Morgan fingerprint density at radius 2 is 2.11 bits per heavy atom. The zero-order chi connectivity index (χ0) is 13.2. The van der Waals surface area contributed by atoms with Crippen LogP contribution >= 0.6 is 0 Å². The first-order valence-corrected chi connectivity index (χ1v) is 6.12. The van der Waals surface area contributed by atoms with Crippen molar-refractivity contribution in [1.82, 2.24) is 5.32 Å². The van der Waals surface area contributed by atoms with E-state index in [1.165, 1.54) is 5.56 Å². The summed E-state index contributed by atoms with van der Waals surface area (Å²) in [5.74, 6) is -1.35. The maximum atomic E-state index is 11.7. The molecule has 96 valence electrons. The summed E-state index contributed by atoms with van der Waals surface area (Å²) in [6.07, 6.45) is 1.64. The summed E-state index contributed by atoms with van der Waals surface area (Å²) in [6, 6.07) is 8.07. The minimum Gasteiger partial charge on any atom is -0.480 e. The predicted octanol–water partition coefficient (Wildman–Crippen LogP) is 1.52. The number of hydrogen-bond acceptors (Lipinski definition) is 2. The van der Waals surface area contributed by atoms with E-state index in [1.54, 1.807) is 0 Å². The third kappa shape index (κ3) is 2.53. The molecule has 1 amide bonds. The van der Waals surface area contributed by atoms with Gasteiger partial charge in [-0.3, -0.25) is 9.59 Å². The number of aryl methyl sites for hydroxylation is 1. The van der Waals surface area contributed by atoms with Crippen molar-refractivity contribution in [2.75, 3.05) is 6.54 Å². The molecule has 1 fully saturated rings. The first kappa shape index (κ1) is 12.6. The number of hydrogen-bond donors (Lipinski definition) is 2. The standard InChI is InChI=1S/C14H17NO3/c1-10-3-2-4-11(9-10)5-8-15-12(16)14(6-7-14)13(17)18/h2-4,9H,5-8H2,1H3,(H,15,16)(H,17,18). The van der Waals surface area contributed by atoms with Crippen molar-refractivity contribution in [2.24, 2.45) is 5.41 Å². The van der Waals surface area contributed by atoms with Crippen molar-refractivity contribution in [3.05, 3.63) is 35.4 Å². The predicted molar refractivity (Wildman–Crippen MR) is 67.2 cm³/mol. The van der Waals surface area contributed by atoms with Crippen LogP contribution in [0.25, 0.3) is 0 Å². The Kier molecular flexibility index (Phi) is 3.36. The van der Waals surface area contributed by atoms with Gasteiger partial charge in [-0.1, -0.05) is 29.8 Å². The van der Waals surface area contributed by atoms with E-state index in [0.717, 1.165) is 12.0 Å². The maximum Gasteiger partial charge on any atom is 0.319 e. The van der Waals surface area contributed by atoms with Crippen LogP contribution in [0.15, 0.2) is 24.3 Å². The van der Waals surface area contributed by atoms with Gasteiger partial charge < -0.3 is 10.4 Å². The number of rotatable bonds is 5. The topological polar surface area (TPSA) is 66.4 Å². The summed E-state index contributed by atoms with van der Waals surface area (Å²) in [5.41, 5.74) is 1.20. The van der Waals surface area contributed by atoms with Gasteiger partial charge in [-0.05, 0) is 31.7 Å². The quantitative estimate of drug-likeness (QED) is 0.775. The van der Waals surface area contributed by atoms with E-state index in [-0.39, 0.29) is 5.91 Å². The number of carbonyl (C=O) groups excluding carboxylic acids is 1. The number of carboxylic acids is 1. The number of amides is 1. The maximum absolute atomic E-state index is 11.7. The molecule has 2 N–H and O–H groups in total. The SMILES string of the molecule is Cc1cccc(CCNC(=O)C2(C(=O)O)CC2)c1. The largest absolute Gasteiger partial charge is 0.480 e. The highest BCUT2D eigenvalue weighted by atomic mass is 16.4. The Bertz CT molecular complexity index is 478. The van der Waals surface area contributed by atoms with Gasteiger partial charge in [0.05, 0.1) is 0 Å². The Labute approximate surface area is 106 Å². The highest BCUT2D eigenvalue weighted by Crippen LogP contribution is 2.45. The van der Waals surface area contributed by atoms with Crippen molar-refractivity contribution >= 4 is 11.9 Å². The fourth-order valence-corrected chi connectivity index (χ4v) is 2.02. The minimum absolute atomic E-state index is 0.345. The Morgan fingerprint density at radius 3 is 2.67 bits per heavy atom. The van der Waals surface area contributed by atoms with Gasteiger partial charge in [0, 0.05) is 6.54 Å². The molecule has 1 aliphatic carbocycles. The summed E-state index contributed by atoms with van der Waals surface area (Å²) >= 11 is 0. The van der Waals surface area contributed by atoms with Crippen LogP contribution in [0.5, 0.6) is 0 Å². The fraction of sp³-hybridized carbons (Fsp3) is 0.429. The van der Waals surface area contributed by atoms with E-state index in [4.69, 9.17) is 5.11 Å². The molecule has 0 saturated heterocycles. The normalized spacial score (nSPS) is 16.1. The Balaban J connectivity index is 1.83. The first-order valence-electron chi connectivity index (χ1n) is 6.12. The lowest BCUT2D eigenvalue weighted by molar-refractivity contribution is -0.149. The van der Waals surface area contributed by atoms with Gasteiger partial charge in [0.1, 0.15) is 5.41 Å². The molecule has 1 aromatic rings. The first-order chi connectivity index (χ1) is 8.54. The third-order valence-electron chi connectivity index (χ3n) is 3.38. The fourth-order valence-electron chi connectivity index (χ4n) is 2.02. The average molecular weight is 247 g/mol. The monoisotopic (exact) mass is 247 g/mol. The molecule has 1 aliphatic rings. The highest BCUT2D eigenvalue weighted by molar-refractivity contribution is 6.04. The molecule has 4 nitrogen and oxygen atoms in total. The van der Waals surface area contributed by atoms with Gasteiger partial charge in [-0.2, -0.15) is 0 Å². The summed E-state index contributed by atoms with van der Waals surface area (Å²) in [5, 5.41) is 11.7. The molecule has 1 aromatic carbocycles. The van der Waals surface area contributed by atoms with Gasteiger partial charge in [0.15, 0.2) is 0 Å². The molecule has 0 radical (unpaired) electrons. The highest BCUT2D eigenvalue weighted by Gasteiger charge is 2.56. The average Bonchev–Trinajstić information content (AvgIpc) is 3.10.